The fourth-order valence-corrected chi connectivity index (χ4v) is 4.34. The number of aromatic nitrogens is 4. The van der Waals surface area contributed by atoms with E-state index in [4.69, 9.17) is 0 Å². The van der Waals surface area contributed by atoms with Gasteiger partial charge in [-0.15, -0.1) is 10.2 Å². The normalized spacial score (nSPS) is 22.4. The van der Waals surface area contributed by atoms with Crippen LogP contribution in [-0.4, -0.2) is 50.0 Å². The Kier molecular flexibility index (Phi) is 5.33. The van der Waals surface area contributed by atoms with Crippen LogP contribution in [0.1, 0.15) is 20.3 Å². The third-order valence-corrected chi connectivity index (χ3v) is 5.34. The zero-order valence-electron chi connectivity index (χ0n) is 14.1. The summed E-state index contributed by atoms with van der Waals surface area (Å²) in [5.41, 5.74) is 1.01. The molecule has 2 aromatic rings. The Balaban J connectivity index is 1.56. The lowest BCUT2D eigenvalue weighted by atomic mass is 9.92. The Morgan fingerprint density at radius 2 is 2.00 bits per heavy atom. The summed E-state index contributed by atoms with van der Waals surface area (Å²) in [4.78, 5) is 6.74. The van der Waals surface area contributed by atoms with Gasteiger partial charge >= 0.3 is 0 Å². The third-order valence-electron chi connectivity index (χ3n) is 4.34. The Morgan fingerprint density at radius 3 is 2.70 bits per heavy atom. The number of thioether (sulfide) groups is 1. The van der Waals surface area contributed by atoms with Crippen molar-refractivity contribution >= 4 is 11.8 Å². The second-order valence-corrected chi connectivity index (χ2v) is 7.72. The molecule has 2 atom stereocenters. The largest absolute Gasteiger partial charge is 0.305 e. The highest BCUT2D eigenvalue weighted by Crippen LogP contribution is 2.24. The maximum absolute atomic E-state index is 4.33. The van der Waals surface area contributed by atoms with Crippen LogP contribution in [0.15, 0.2) is 29.7 Å². The Bertz CT molecular complexity index is 617. The van der Waals surface area contributed by atoms with Crippen LogP contribution in [0.25, 0.3) is 11.4 Å². The van der Waals surface area contributed by atoms with E-state index in [1.165, 1.54) is 19.5 Å². The van der Waals surface area contributed by atoms with Gasteiger partial charge in [-0.1, -0.05) is 25.6 Å². The first kappa shape index (κ1) is 16.5. The van der Waals surface area contributed by atoms with Crippen molar-refractivity contribution in [1.82, 2.24) is 24.6 Å². The van der Waals surface area contributed by atoms with Crippen LogP contribution in [0.3, 0.4) is 0 Å². The van der Waals surface area contributed by atoms with Crippen molar-refractivity contribution in [2.75, 3.05) is 25.4 Å². The predicted molar refractivity (Wildman–Crippen MR) is 94.3 cm³/mol. The highest BCUT2D eigenvalue weighted by molar-refractivity contribution is 7.99. The molecule has 1 aliphatic rings. The van der Waals surface area contributed by atoms with Crippen molar-refractivity contribution < 1.29 is 0 Å². The Labute approximate surface area is 142 Å². The predicted octanol–water partition coefficient (Wildman–Crippen LogP) is 2.95. The fourth-order valence-electron chi connectivity index (χ4n) is 3.43. The topological polar surface area (TPSA) is 46.8 Å². The van der Waals surface area contributed by atoms with Gasteiger partial charge in [0, 0.05) is 50.4 Å². The van der Waals surface area contributed by atoms with Crippen LogP contribution in [0.5, 0.6) is 0 Å². The number of hydrogen-bond donors (Lipinski definition) is 0. The number of piperidine rings is 1. The van der Waals surface area contributed by atoms with Crippen molar-refractivity contribution in [2.45, 2.75) is 25.4 Å². The number of hydrogen-bond acceptors (Lipinski definition) is 5. The van der Waals surface area contributed by atoms with Gasteiger partial charge in [-0.05, 0) is 30.4 Å². The van der Waals surface area contributed by atoms with Crippen molar-refractivity contribution in [1.29, 1.82) is 0 Å². The van der Waals surface area contributed by atoms with E-state index in [9.17, 15) is 0 Å². The Hall–Kier alpha value is -1.40. The number of pyridine rings is 1. The molecule has 23 heavy (non-hydrogen) atoms. The Morgan fingerprint density at radius 1 is 1.22 bits per heavy atom. The molecule has 0 spiro atoms. The van der Waals surface area contributed by atoms with Gasteiger partial charge in [0.1, 0.15) is 0 Å². The number of likely N-dealkylation sites (tertiary alicyclic amines) is 1. The van der Waals surface area contributed by atoms with E-state index in [0.29, 0.717) is 0 Å². The molecule has 0 amide bonds. The molecule has 0 N–H and O–H groups in total. The maximum Gasteiger partial charge on any atom is 0.191 e. The van der Waals surface area contributed by atoms with Gasteiger partial charge in [0.2, 0.25) is 0 Å². The van der Waals surface area contributed by atoms with E-state index in [1.807, 2.05) is 25.4 Å². The molecule has 3 heterocycles. The van der Waals surface area contributed by atoms with Crippen molar-refractivity contribution in [2.24, 2.45) is 18.9 Å². The molecule has 0 aliphatic carbocycles. The fraction of sp³-hybridized carbons (Fsp3) is 0.588. The summed E-state index contributed by atoms with van der Waals surface area (Å²) in [5.74, 6) is 3.56. The molecule has 1 aliphatic heterocycles. The molecule has 0 radical (unpaired) electrons. The lowest BCUT2D eigenvalue weighted by Gasteiger charge is -2.34. The van der Waals surface area contributed by atoms with E-state index >= 15 is 0 Å². The lowest BCUT2D eigenvalue weighted by Crippen LogP contribution is -2.39. The summed E-state index contributed by atoms with van der Waals surface area (Å²) >= 11 is 1.79. The molecule has 3 rings (SSSR count). The van der Waals surface area contributed by atoms with Gasteiger partial charge in [-0.25, -0.2) is 0 Å². The summed E-state index contributed by atoms with van der Waals surface area (Å²) in [6.07, 6.45) is 4.96. The molecule has 2 aromatic heterocycles. The van der Waals surface area contributed by atoms with E-state index in [2.05, 4.69) is 38.5 Å². The molecule has 6 heteroatoms. The summed E-state index contributed by atoms with van der Waals surface area (Å²) in [5, 5.41) is 9.62. The molecule has 1 fully saturated rings. The van der Waals surface area contributed by atoms with Crippen molar-refractivity contribution in [3.63, 3.8) is 0 Å². The lowest BCUT2D eigenvalue weighted by molar-refractivity contribution is 0.149. The highest BCUT2D eigenvalue weighted by Gasteiger charge is 2.21. The molecule has 124 valence electrons. The maximum atomic E-state index is 4.33. The van der Waals surface area contributed by atoms with Crippen molar-refractivity contribution in [3.8, 4) is 11.4 Å². The molecule has 1 saturated heterocycles. The average molecular weight is 331 g/mol. The van der Waals surface area contributed by atoms with Crippen LogP contribution in [0.4, 0.5) is 0 Å². The smallest absolute Gasteiger partial charge is 0.191 e. The monoisotopic (exact) mass is 331 g/mol. The first-order chi connectivity index (χ1) is 11.1. The molecular formula is C17H25N5S. The first-order valence-corrected chi connectivity index (χ1v) is 9.27. The first-order valence-electron chi connectivity index (χ1n) is 8.28. The van der Waals surface area contributed by atoms with Gasteiger partial charge in [-0.3, -0.25) is 4.98 Å². The van der Waals surface area contributed by atoms with Crippen molar-refractivity contribution in [3.05, 3.63) is 24.5 Å². The van der Waals surface area contributed by atoms with Crippen LogP contribution in [-0.2, 0) is 7.05 Å². The number of rotatable bonds is 5. The van der Waals surface area contributed by atoms with Gasteiger partial charge < -0.3 is 9.47 Å². The SMILES string of the molecule is C[C@H]1C[C@H](C)CN(CCSc2nnc(-c3cccnc3)n2C)C1. The summed E-state index contributed by atoms with van der Waals surface area (Å²) in [6.45, 7) is 8.29. The molecule has 0 aromatic carbocycles. The summed E-state index contributed by atoms with van der Waals surface area (Å²) in [6, 6.07) is 3.94. The summed E-state index contributed by atoms with van der Waals surface area (Å²) < 4.78 is 2.06. The van der Waals surface area contributed by atoms with Crippen LogP contribution in [0, 0.1) is 11.8 Å². The molecule has 0 saturated carbocycles. The van der Waals surface area contributed by atoms with Gasteiger partial charge in [-0.2, -0.15) is 0 Å². The van der Waals surface area contributed by atoms with Gasteiger partial charge in [0.05, 0.1) is 0 Å². The molecule has 0 unspecified atom stereocenters. The minimum Gasteiger partial charge on any atom is -0.305 e. The van der Waals surface area contributed by atoms with E-state index in [1.54, 1.807) is 18.0 Å². The van der Waals surface area contributed by atoms with Crippen LogP contribution >= 0.6 is 11.8 Å². The second-order valence-electron chi connectivity index (χ2n) is 6.66. The number of nitrogens with zero attached hydrogens (tertiary/aromatic N) is 5. The van der Waals surface area contributed by atoms with Gasteiger partial charge in [0.15, 0.2) is 11.0 Å². The van der Waals surface area contributed by atoms with E-state index in [0.717, 1.165) is 40.7 Å². The zero-order chi connectivity index (χ0) is 16.2. The third kappa shape index (κ3) is 4.12. The van der Waals surface area contributed by atoms with Crippen LogP contribution in [0.2, 0.25) is 0 Å². The molecular weight excluding hydrogens is 306 g/mol. The second kappa shape index (κ2) is 7.45. The quantitative estimate of drug-likeness (QED) is 0.788. The standard InChI is InChI=1S/C17H25N5S/c1-13-9-14(2)12-22(11-13)7-8-23-17-20-19-16(21(17)3)15-5-4-6-18-10-15/h4-6,10,13-14H,7-9,11-12H2,1-3H3/t13-,14-/m0/s1. The van der Waals surface area contributed by atoms with E-state index < -0.39 is 0 Å². The highest BCUT2D eigenvalue weighted by atomic mass is 32.2. The minimum absolute atomic E-state index is 0.816. The minimum atomic E-state index is 0.816. The molecule has 0 bridgehead atoms. The molecule has 5 nitrogen and oxygen atoms in total. The summed E-state index contributed by atoms with van der Waals surface area (Å²) in [7, 11) is 2.02. The van der Waals surface area contributed by atoms with Gasteiger partial charge in [0.25, 0.3) is 0 Å². The van der Waals surface area contributed by atoms with E-state index in [-0.39, 0.29) is 0 Å². The average Bonchev–Trinajstić information content (AvgIpc) is 2.88. The van der Waals surface area contributed by atoms with Crippen LogP contribution < -0.4 is 0 Å². The zero-order valence-corrected chi connectivity index (χ0v) is 15.0.